The number of carbonyl (C=O) groups excluding carboxylic acids is 1. The first-order valence-corrected chi connectivity index (χ1v) is 23.5. The summed E-state index contributed by atoms with van der Waals surface area (Å²) in [5.41, 5.74) is 4.80. The Balaban J connectivity index is 0.000000171. The first-order valence-electron chi connectivity index (χ1n) is 23.5. The zero-order valence-corrected chi connectivity index (χ0v) is 39.0. The van der Waals surface area contributed by atoms with Gasteiger partial charge in [-0.15, -0.1) is 0 Å². The molecule has 0 radical (unpaired) electrons. The van der Waals surface area contributed by atoms with Crippen LogP contribution in [0.25, 0.3) is 22.3 Å². The predicted octanol–water partition coefficient (Wildman–Crippen LogP) is 5.96. The minimum absolute atomic E-state index is 0.0578. The molecule has 2 aliphatic heterocycles. The average Bonchev–Trinajstić information content (AvgIpc) is 4.07. The van der Waals surface area contributed by atoms with Crippen LogP contribution in [0.4, 0.5) is 39.7 Å². The SMILES string of the molecule is Cc1nc2cnc(Nc3ccc(N4CCN(C(=O)OC(C)(C)C)CC4)cn3)nc2n(C2CCCC2)c1=O.Cc1nc2cnc(Nc3ccc(N4CCNCC4)cn3)nc2n(C2CCCC2)c1=O. The lowest BCUT2D eigenvalue weighted by Gasteiger charge is -2.36. The number of anilines is 6. The number of nitrogens with one attached hydrogen (secondary N) is 3. The van der Waals surface area contributed by atoms with Crippen molar-refractivity contribution in [2.45, 2.75) is 104 Å². The summed E-state index contributed by atoms with van der Waals surface area (Å²) in [5.74, 6) is 2.06. The number of hydrogen-bond donors (Lipinski definition) is 3. The van der Waals surface area contributed by atoms with Gasteiger partial charge in [0.25, 0.3) is 11.1 Å². The third-order valence-corrected chi connectivity index (χ3v) is 12.7. The van der Waals surface area contributed by atoms with Crippen LogP contribution in [0.5, 0.6) is 0 Å². The normalized spacial score (nSPS) is 17.2. The fraction of sp³-hybridized carbons (Fsp3) is 0.511. The molecule has 0 bridgehead atoms. The highest BCUT2D eigenvalue weighted by Gasteiger charge is 2.27. The molecule has 8 heterocycles. The van der Waals surface area contributed by atoms with E-state index in [1.807, 2.05) is 49.7 Å². The molecule has 0 unspecified atom stereocenters. The van der Waals surface area contributed by atoms with Gasteiger partial charge in [0.05, 0.1) is 36.2 Å². The van der Waals surface area contributed by atoms with Crippen molar-refractivity contribution in [2.75, 3.05) is 72.8 Å². The van der Waals surface area contributed by atoms with Crippen LogP contribution in [0.15, 0.2) is 58.6 Å². The monoisotopic (exact) mass is 912 g/mol. The van der Waals surface area contributed by atoms with Gasteiger partial charge in [-0.3, -0.25) is 18.7 Å². The van der Waals surface area contributed by atoms with E-state index in [-0.39, 0.29) is 29.3 Å². The van der Waals surface area contributed by atoms with E-state index in [0.717, 1.165) is 88.9 Å². The Morgan fingerprint density at radius 3 is 1.48 bits per heavy atom. The van der Waals surface area contributed by atoms with Gasteiger partial charge in [-0.2, -0.15) is 9.97 Å². The standard InChI is InChI=1S/C26H34N8O3.C21H26N8O/c1-17-23(35)34(18-7-5-6-8-18)22-20(29-17)16-28-24(31-22)30-21-10-9-19(15-27-21)32-11-13-33(14-12-32)25(36)37-26(2,3)4;1-14-20(30)29(15-4-2-3-5-15)19-17(25-14)13-24-21(27-19)26-18-7-6-16(12-23-18)28-10-8-22-9-11-28/h9-10,15-16,18H,5-8,11-14H2,1-4H3,(H,27,28,30,31);6-7,12-13,15,22H,2-5,8-11H2,1H3,(H,23,24,26,27). The zero-order chi connectivity index (χ0) is 46.7. The smallest absolute Gasteiger partial charge is 0.410 e. The van der Waals surface area contributed by atoms with Gasteiger partial charge in [0.2, 0.25) is 11.9 Å². The van der Waals surface area contributed by atoms with Gasteiger partial charge >= 0.3 is 6.09 Å². The Labute approximate surface area is 388 Å². The molecule has 0 spiro atoms. The number of rotatable bonds is 8. The molecule has 2 saturated carbocycles. The first kappa shape index (κ1) is 45.3. The van der Waals surface area contributed by atoms with Crippen LogP contribution in [0.1, 0.15) is 95.6 Å². The summed E-state index contributed by atoms with van der Waals surface area (Å²) in [6.07, 6.45) is 15.2. The van der Waals surface area contributed by atoms with Gasteiger partial charge in [-0.25, -0.2) is 34.7 Å². The molecule has 3 N–H and O–H groups in total. The number of ether oxygens (including phenoxy) is 1. The summed E-state index contributed by atoms with van der Waals surface area (Å²) in [6, 6.07) is 8.18. The average molecular weight is 913 g/mol. The first-order chi connectivity index (χ1) is 32.4. The molecule has 352 valence electrons. The molecule has 20 nitrogen and oxygen atoms in total. The van der Waals surface area contributed by atoms with Gasteiger partial charge < -0.3 is 35.4 Å². The molecule has 4 fully saturated rings. The highest BCUT2D eigenvalue weighted by Crippen LogP contribution is 2.32. The third kappa shape index (κ3) is 10.4. The summed E-state index contributed by atoms with van der Waals surface area (Å²) in [5, 5.41) is 9.68. The fourth-order valence-corrected chi connectivity index (χ4v) is 9.29. The summed E-state index contributed by atoms with van der Waals surface area (Å²) in [6.45, 7) is 15.6. The molecule has 1 amide bonds. The minimum atomic E-state index is -0.501. The van der Waals surface area contributed by atoms with Crippen molar-refractivity contribution in [3.8, 4) is 0 Å². The number of amides is 1. The maximum Gasteiger partial charge on any atom is 0.410 e. The zero-order valence-electron chi connectivity index (χ0n) is 39.0. The molecular formula is C47H60N16O4. The van der Waals surface area contributed by atoms with Crippen molar-refractivity contribution in [2.24, 2.45) is 0 Å². The summed E-state index contributed by atoms with van der Waals surface area (Å²) in [4.78, 5) is 80.3. The van der Waals surface area contributed by atoms with Gasteiger partial charge in [0.15, 0.2) is 11.3 Å². The molecule has 20 heteroatoms. The molecule has 0 aromatic carbocycles. The second kappa shape index (κ2) is 19.6. The second-order valence-electron chi connectivity index (χ2n) is 18.7. The van der Waals surface area contributed by atoms with Crippen molar-refractivity contribution < 1.29 is 9.53 Å². The highest BCUT2D eigenvalue weighted by molar-refractivity contribution is 5.73. The lowest BCUT2D eigenvalue weighted by atomic mass is 10.2. The van der Waals surface area contributed by atoms with E-state index in [2.05, 4.69) is 71.7 Å². The van der Waals surface area contributed by atoms with Gasteiger partial charge in [0, 0.05) is 64.4 Å². The van der Waals surface area contributed by atoms with Crippen molar-refractivity contribution in [1.82, 2.24) is 59.2 Å². The van der Waals surface area contributed by atoms with Crippen LogP contribution in [-0.2, 0) is 4.74 Å². The van der Waals surface area contributed by atoms with E-state index in [1.165, 1.54) is 0 Å². The number of aryl methyl sites for hydroxylation is 2. The quantitative estimate of drug-likeness (QED) is 0.160. The maximum absolute atomic E-state index is 12.9. The van der Waals surface area contributed by atoms with E-state index in [1.54, 1.807) is 41.9 Å². The Hall–Kier alpha value is -6.83. The maximum atomic E-state index is 12.9. The number of pyridine rings is 2. The van der Waals surface area contributed by atoms with Crippen molar-refractivity contribution in [3.05, 3.63) is 81.1 Å². The molecule has 2 saturated heterocycles. The van der Waals surface area contributed by atoms with Crippen LogP contribution in [-0.4, -0.2) is 118 Å². The van der Waals surface area contributed by atoms with Crippen LogP contribution >= 0.6 is 0 Å². The summed E-state index contributed by atoms with van der Waals surface area (Å²) >= 11 is 0. The third-order valence-electron chi connectivity index (χ3n) is 12.7. The molecule has 2 aliphatic carbocycles. The van der Waals surface area contributed by atoms with Crippen LogP contribution in [0.3, 0.4) is 0 Å². The van der Waals surface area contributed by atoms with E-state index in [4.69, 9.17) is 4.74 Å². The van der Waals surface area contributed by atoms with E-state index >= 15 is 0 Å². The Kier molecular flexibility index (Phi) is 13.2. The van der Waals surface area contributed by atoms with E-state index < -0.39 is 5.60 Å². The number of nitrogens with zero attached hydrogens (tertiary/aromatic N) is 13. The van der Waals surface area contributed by atoms with Crippen LogP contribution in [0, 0.1) is 13.8 Å². The molecule has 10 rings (SSSR count). The summed E-state index contributed by atoms with van der Waals surface area (Å²) < 4.78 is 9.09. The largest absolute Gasteiger partial charge is 0.444 e. The predicted molar refractivity (Wildman–Crippen MR) is 258 cm³/mol. The van der Waals surface area contributed by atoms with E-state index in [0.29, 0.717) is 83.4 Å². The van der Waals surface area contributed by atoms with Gasteiger partial charge in [-0.05, 0) is 84.6 Å². The lowest BCUT2D eigenvalue weighted by Crippen LogP contribution is -2.50. The molecule has 6 aromatic rings. The van der Waals surface area contributed by atoms with Crippen molar-refractivity contribution >= 4 is 63.3 Å². The molecule has 6 aromatic heterocycles. The Morgan fingerprint density at radius 2 is 1.06 bits per heavy atom. The van der Waals surface area contributed by atoms with Crippen molar-refractivity contribution in [1.29, 1.82) is 0 Å². The number of fused-ring (bicyclic) bond motifs is 2. The second-order valence-corrected chi connectivity index (χ2v) is 18.7. The molecule has 4 aliphatic rings. The Bertz CT molecular complexity index is 2820. The Morgan fingerprint density at radius 1 is 0.612 bits per heavy atom. The van der Waals surface area contributed by atoms with Crippen LogP contribution < -0.4 is 36.9 Å². The minimum Gasteiger partial charge on any atom is -0.444 e. The van der Waals surface area contributed by atoms with Crippen molar-refractivity contribution in [3.63, 3.8) is 0 Å². The van der Waals surface area contributed by atoms with Crippen LogP contribution in [0.2, 0.25) is 0 Å². The molecular weight excluding hydrogens is 853 g/mol. The lowest BCUT2D eigenvalue weighted by molar-refractivity contribution is 0.0240. The summed E-state index contributed by atoms with van der Waals surface area (Å²) in [7, 11) is 0. The number of hydrogen-bond acceptors (Lipinski definition) is 17. The topological polar surface area (TPSA) is 219 Å². The molecule has 67 heavy (non-hydrogen) atoms. The number of piperazine rings is 2. The van der Waals surface area contributed by atoms with Gasteiger partial charge in [0.1, 0.15) is 39.7 Å². The number of aromatic nitrogens is 10. The molecule has 0 atom stereocenters. The van der Waals surface area contributed by atoms with Gasteiger partial charge in [-0.1, -0.05) is 25.7 Å². The highest BCUT2D eigenvalue weighted by atomic mass is 16.6. The fourth-order valence-electron chi connectivity index (χ4n) is 9.29. The van der Waals surface area contributed by atoms with E-state index in [9.17, 15) is 14.4 Å². The number of carbonyl (C=O) groups is 1.